The van der Waals surface area contributed by atoms with Crippen LogP contribution in [-0.4, -0.2) is 63.6 Å². The van der Waals surface area contributed by atoms with E-state index in [9.17, 15) is 34.8 Å². The second-order valence-electron chi connectivity index (χ2n) is 8.29. The van der Waals surface area contributed by atoms with Gasteiger partial charge in [-0.2, -0.15) is 0 Å². The van der Waals surface area contributed by atoms with Gasteiger partial charge in [0.1, 0.15) is 22.8 Å². The topological polar surface area (TPSA) is 208 Å². The largest absolute Gasteiger partial charge is 0.510 e. The van der Waals surface area contributed by atoms with Gasteiger partial charge in [-0.1, -0.05) is 0 Å². The Balaban J connectivity index is 1.98. The van der Waals surface area contributed by atoms with Crippen molar-refractivity contribution in [2.45, 2.75) is 24.5 Å². The molecule has 0 heterocycles. The molecule has 0 aromatic heterocycles. The van der Waals surface area contributed by atoms with Crippen molar-refractivity contribution >= 4 is 28.8 Å². The quantitative estimate of drug-likeness (QED) is 0.128. The van der Waals surface area contributed by atoms with Crippen LogP contribution < -0.4 is 22.1 Å². The summed E-state index contributed by atoms with van der Waals surface area (Å²) >= 11 is 0. The van der Waals surface area contributed by atoms with Gasteiger partial charge in [0.2, 0.25) is 5.78 Å². The average molecular weight is 444 g/mol. The predicted octanol–water partition coefficient (Wildman–Crippen LogP) is -0.598. The van der Waals surface area contributed by atoms with Gasteiger partial charge < -0.3 is 42.5 Å². The number of rotatable bonds is 3. The number of fused-ring (bicyclic) bond motifs is 3. The molecule has 0 spiro atoms. The summed E-state index contributed by atoms with van der Waals surface area (Å²) in [5.41, 5.74) is 8.14. The normalized spacial score (nSPS) is 29.4. The fourth-order valence-corrected chi connectivity index (χ4v) is 5.32. The summed E-state index contributed by atoms with van der Waals surface area (Å²) in [4.78, 5) is 38.3. The number of primary amides is 1. The second-order valence-corrected chi connectivity index (χ2v) is 8.29. The van der Waals surface area contributed by atoms with Gasteiger partial charge in [-0.05, 0) is 37.4 Å². The Labute approximate surface area is 182 Å². The van der Waals surface area contributed by atoms with E-state index in [1.54, 1.807) is 7.05 Å². The molecule has 3 aliphatic carbocycles. The number of benzene rings is 1. The Kier molecular flexibility index (Phi) is 4.72. The number of aliphatic hydroxyl groups excluding tert-OH is 2. The van der Waals surface area contributed by atoms with E-state index >= 15 is 0 Å². The van der Waals surface area contributed by atoms with Gasteiger partial charge in [-0.3, -0.25) is 14.4 Å². The zero-order chi connectivity index (χ0) is 23.7. The molecule has 0 radical (unpaired) electrons. The van der Waals surface area contributed by atoms with E-state index < -0.39 is 63.8 Å². The summed E-state index contributed by atoms with van der Waals surface area (Å²) in [6.45, 7) is 0. The predicted molar refractivity (Wildman–Crippen MR) is 113 cm³/mol. The summed E-state index contributed by atoms with van der Waals surface area (Å²) in [5.74, 6) is -7.07. The van der Waals surface area contributed by atoms with Gasteiger partial charge in [0.05, 0.1) is 17.3 Å². The summed E-state index contributed by atoms with van der Waals surface area (Å²) < 4.78 is 0. The molecule has 1 aromatic rings. The third-order valence-electron chi connectivity index (χ3n) is 6.81. The molecule has 11 nitrogen and oxygen atoms in total. The third-order valence-corrected chi connectivity index (χ3v) is 6.81. The van der Waals surface area contributed by atoms with E-state index in [2.05, 4.69) is 10.6 Å². The van der Waals surface area contributed by atoms with Crippen LogP contribution in [0.2, 0.25) is 0 Å². The lowest BCUT2D eigenvalue weighted by molar-refractivity contribution is -0.146. The molecular weight excluding hydrogens is 420 g/mol. The number of hydrogen-bond donors (Lipinski definition) is 8. The first-order chi connectivity index (χ1) is 15.0. The molecule has 4 atom stereocenters. The number of nitrogens with one attached hydrogen (secondary N) is 2. The molecule has 32 heavy (non-hydrogen) atoms. The SMILES string of the molecule is CNc1cc(N)c(O)c2c1C[C@H]1C[C@H]3C(NC)C(O)=C(C(N)=O)C(=O)[C@@]3(O)C(O)=C1C2=O. The minimum atomic E-state index is -2.66. The molecule has 0 saturated carbocycles. The van der Waals surface area contributed by atoms with E-state index in [1.807, 2.05) is 0 Å². The Morgan fingerprint density at radius 1 is 1.22 bits per heavy atom. The lowest BCUT2D eigenvalue weighted by Gasteiger charge is -2.48. The minimum absolute atomic E-state index is 0.0166. The number of amides is 1. The number of aromatic hydroxyl groups is 1. The number of hydrogen-bond acceptors (Lipinski definition) is 10. The van der Waals surface area contributed by atoms with Crippen LogP contribution in [0.1, 0.15) is 22.3 Å². The highest BCUT2D eigenvalue weighted by Crippen LogP contribution is 2.52. The monoisotopic (exact) mass is 444 g/mol. The summed E-state index contributed by atoms with van der Waals surface area (Å²) in [6, 6.07) is 0.410. The lowest BCUT2D eigenvalue weighted by atomic mass is 9.58. The summed E-state index contributed by atoms with van der Waals surface area (Å²) in [5, 5.41) is 49.2. The Morgan fingerprint density at radius 3 is 2.44 bits per heavy atom. The van der Waals surface area contributed by atoms with Crippen LogP contribution >= 0.6 is 0 Å². The fraction of sp³-hybridized carbons (Fsp3) is 0.381. The van der Waals surface area contributed by atoms with E-state index in [1.165, 1.54) is 13.1 Å². The third kappa shape index (κ3) is 2.52. The molecule has 0 fully saturated rings. The molecule has 10 N–H and O–H groups in total. The van der Waals surface area contributed by atoms with Crippen LogP contribution in [0.4, 0.5) is 11.4 Å². The Hall–Kier alpha value is -3.57. The van der Waals surface area contributed by atoms with Gasteiger partial charge >= 0.3 is 0 Å². The number of anilines is 2. The number of nitrogens with two attached hydrogens (primary N) is 2. The molecule has 0 bridgehead atoms. The van der Waals surface area contributed by atoms with Crippen molar-refractivity contribution in [3.63, 3.8) is 0 Å². The van der Waals surface area contributed by atoms with Gasteiger partial charge in [0.15, 0.2) is 11.4 Å². The maximum Gasteiger partial charge on any atom is 0.255 e. The van der Waals surface area contributed by atoms with Crippen molar-refractivity contribution in [2.75, 3.05) is 25.1 Å². The van der Waals surface area contributed by atoms with Crippen LogP contribution in [0, 0.1) is 11.8 Å². The molecule has 1 amide bonds. The summed E-state index contributed by atoms with van der Waals surface area (Å²) in [6.07, 6.45) is 0.206. The number of Topliss-reactive ketones (excluding diaryl/α,β-unsaturated/α-hetero) is 2. The van der Waals surface area contributed by atoms with Crippen LogP contribution in [0.25, 0.3) is 0 Å². The summed E-state index contributed by atoms with van der Waals surface area (Å²) in [7, 11) is 3.08. The number of carbonyl (C=O) groups excluding carboxylic acids is 3. The van der Waals surface area contributed by atoms with Crippen LogP contribution in [0.3, 0.4) is 0 Å². The maximum atomic E-state index is 13.4. The molecule has 1 unspecified atom stereocenters. The molecule has 3 aliphatic rings. The maximum absolute atomic E-state index is 13.4. The number of phenols is 1. The molecule has 1 aromatic carbocycles. The first-order valence-electron chi connectivity index (χ1n) is 9.98. The minimum Gasteiger partial charge on any atom is -0.510 e. The molecule has 11 heteroatoms. The van der Waals surface area contributed by atoms with Gasteiger partial charge in [-0.25, -0.2) is 0 Å². The first kappa shape index (κ1) is 21.7. The standard InChI is InChI=1S/C21H24N4O7/c1-24-10-5-9(22)15(26)12-7(10)3-6-4-8-14(25-2)17(28)13(20(23)31)19(30)21(8,32)18(29)11(6)16(12)27/h5-6,8,14,24-26,28-29,32H,3-4,22H2,1-2H3,(H2,23,31)/t6-,8-,14?,21-/m0/s1. The average Bonchev–Trinajstić information content (AvgIpc) is 2.73. The van der Waals surface area contributed by atoms with Gasteiger partial charge in [-0.15, -0.1) is 0 Å². The highest BCUT2D eigenvalue weighted by atomic mass is 16.3. The van der Waals surface area contributed by atoms with Crippen LogP contribution in [0.5, 0.6) is 5.75 Å². The van der Waals surface area contributed by atoms with Gasteiger partial charge in [0, 0.05) is 24.2 Å². The Bertz CT molecular complexity index is 1160. The number of carbonyl (C=O) groups is 3. The first-order valence-corrected chi connectivity index (χ1v) is 9.98. The van der Waals surface area contributed by atoms with Crippen molar-refractivity contribution in [3.05, 3.63) is 39.9 Å². The molecule has 0 aliphatic heterocycles. The van der Waals surface area contributed by atoms with E-state index in [0.29, 0.717) is 11.3 Å². The van der Waals surface area contributed by atoms with E-state index in [0.717, 1.165) is 0 Å². The van der Waals surface area contributed by atoms with Crippen molar-refractivity contribution < 1.29 is 34.8 Å². The highest BCUT2D eigenvalue weighted by Gasteiger charge is 2.62. The number of ketones is 2. The zero-order valence-corrected chi connectivity index (χ0v) is 17.4. The smallest absolute Gasteiger partial charge is 0.255 e. The molecule has 170 valence electrons. The van der Waals surface area contributed by atoms with Gasteiger partial charge in [0.25, 0.3) is 5.91 Å². The fourth-order valence-electron chi connectivity index (χ4n) is 5.32. The molecule has 4 rings (SSSR count). The number of aliphatic hydroxyl groups is 3. The Morgan fingerprint density at radius 2 is 1.88 bits per heavy atom. The highest BCUT2D eigenvalue weighted by molar-refractivity contribution is 6.25. The number of nitrogen functional groups attached to an aromatic ring is 1. The second kappa shape index (κ2) is 6.97. The van der Waals surface area contributed by atoms with E-state index in [-0.39, 0.29) is 29.7 Å². The molecular formula is C21H24N4O7. The van der Waals surface area contributed by atoms with Crippen LogP contribution in [-0.2, 0) is 16.0 Å². The zero-order valence-electron chi connectivity index (χ0n) is 17.4. The molecule has 0 saturated heterocycles. The van der Waals surface area contributed by atoms with Crippen molar-refractivity contribution in [1.82, 2.24) is 5.32 Å². The van der Waals surface area contributed by atoms with E-state index in [4.69, 9.17) is 11.5 Å². The van der Waals surface area contributed by atoms with Crippen molar-refractivity contribution in [3.8, 4) is 5.75 Å². The number of allylic oxidation sites excluding steroid dienone is 1. The van der Waals surface area contributed by atoms with Crippen LogP contribution in [0.15, 0.2) is 28.7 Å². The number of phenolic OH excluding ortho intramolecular Hbond substituents is 1. The van der Waals surface area contributed by atoms with Crippen molar-refractivity contribution in [2.24, 2.45) is 17.6 Å². The lowest BCUT2D eigenvalue weighted by Crippen LogP contribution is -2.63. The van der Waals surface area contributed by atoms with Crippen molar-refractivity contribution in [1.29, 1.82) is 0 Å². The number of likely N-dealkylation sites (N-methyl/N-ethyl adjacent to an activating group) is 1.